The molecule has 6 heteroatoms. The van der Waals surface area contributed by atoms with Crippen LogP contribution in [0.25, 0.3) is 0 Å². The second kappa shape index (κ2) is 6.65. The molecule has 0 aromatic carbocycles. The van der Waals surface area contributed by atoms with Crippen molar-refractivity contribution < 1.29 is 19.1 Å². The van der Waals surface area contributed by atoms with Crippen LogP contribution in [0.1, 0.15) is 18.6 Å². The molecule has 0 saturated carbocycles. The Morgan fingerprint density at radius 3 is 3.05 bits per heavy atom. The number of furan rings is 1. The number of aliphatic carboxylic acids is 1. The van der Waals surface area contributed by atoms with Gasteiger partial charge in [0.2, 0.25) is 5.91 Å². The molecule has 1 saturated heterocycles. The summed E-state index contributed by atoms with van der Waals surface area (Å²) in [4.78, 5) is 24.7. The molecule has 1 unspecified atom stereocenters. The lowest BCUT2D eigenvalue weighted by Gasteiger charge is -2.34. The molecular weight excluding hydrogens is 266 g/mol. The van der Waals surface area contributed by atoms with E-state index in [0.29, 0.717) is 25.1 Å². The number of carboxylic acids is 1. The number of aryl methyl sites for hydroxylation is 1. The summed E-state index contributed by atoms with van der Waals surface area (Å²) in [5.74, 6) is 1.54. The fourth-order valence-electron chi connectivity index (χ4n) is 2.18. The van der Waals surface area contributed by atoms with Gasteiger partial charge < -0.3 is 14.4 Å². The molecule has 1 N–H and O–H groups in total. The Hall–Kier alpha value is -1.43. The fraction of sp³-hybridized carbons (Fsp3) is 0.538. The molecule has 2 heterocycles. The summed E-state index contributed by atoms with van der Waals surface area (Å²) >= 11 is 1.71. The highest BCUT2D eigenvalue weighted by Gasteiger charge is 2.28. The first kappa shape index (κ1) is 14.0. The van der Waals surface area contributed by atoms with Crippen molar-refractivity contribution in [1.82, 2.24) is 4.90 Å². The highest BCUT2D eigenvalue weighted by atomic mass is 32.2. The molecule has 1 aromatic heterocycles. The van der Waals surface area contributed by atoms with Crippen LogP contribution < -0.4 is 0 Å². The van der Waals surface area contributed by atoms with Gasteiger partial charge in [0, 0.05) is 30.9 Å². The maximum Gasteiger partial charge on any atom is 0.305 e. The predicted octanol–water partition coefficient (Wildman–Crippen LogP) is 1.63. The zero-order valence-corrected chi connectivity index (χ0v) is 11.4. The number of rotatable bonds is 5. The topological polar surface area (TPSA) is 70.8 Å². The van der Waals surface area contributed by atoms with Crippen molar-refractivity contribution in [3.8, 4) is 0 Å². The largest absolute Gasteiger partial charge is 0.481 e. The molecule has 0 spiro atoms. The van der Waals surface area contributed by atoms with Crippen molar-refractivity contribution in [2.45, 2.75) is 25.3 Å². The van der Waals surface area contributed by atoms with Gasteiger partial charge in [-0.15, -0.1) is 0 Å². The molecule has 1 atom stereocenters. The molecule has 19 heavy (non-hydrogen) atoms. The average molecular weight is 283 g/mol. The highest BCUT2D eigenvalue weighted by Crippen LogP contribution is 2.20. The molecule has 1 aliphatic rings. The van der Waals surface area contributed by atoms with Crippen LogP contribution in [0.15, 0.2) is 22.8 Å². The van der Waals surface area contributed by atoms with E-state index in [1.165, 1.54) is 0 Å². The molecule has 1 amide bonds. The molecule has 0 aliphatic carbocycles. The van der Waals surface area contributed by atoms with Gasteiger partial charge in [0.05, 0.1) is 18.7 Å². The van der Waals surface area contributed by atoms with Gasteiger partial charge in [0.1, 0.15) is 5.76 Å². The molecule has 1 aromatic rings. The predicted molar refractivity (Wildman–Crippen MR) is 72.1 cm³/mol. The number of hydrogen-bond donors (Lipinski definition) is 1. The van der Waals surface area contributed by atoms with Gasteiger partial charge in [0.15, 0.2) is 0 Å². The molecule has 0 radical (unpaired) electrons. The van der Waals surface area contributed by atoms with Crippen molar-refractivity contribution in [1.29, 1.82) is 0 Å². The van der Waals surface area contributed by atoms with Gasteiger partial charge in [-0.1, -0.05) is 0 Å². The number of amides is 1. The minimum Gasteiger partial charge on any atom is -0.481 e. The van der Waals surface area contributed by atoms with Crippen molar-refractivity contribution in [2.24, 2.45) is 0 Å². The first-order valence-corrected chi connectivity index (χ1v) is 7.43. The first-order valence-electron chi connectivity index (χ1n) is 6.28. The molecule has 5 nitrogen and oxygen atoms in total. The van der Waals surface area contributed by atoms with Crippen LogP contribution in [-0.4, -0.2) is 46.0 Å². The smallest absolute Gasteiger partial charge is 0.305 e. The van der Waals surface area contributed by atoms with Gasteiger partial charge in [-0.2, -0.15) is 11.8 Å². The van der Waals surface area contributed by atoms with E-state index in [-0.39, 0.29) is 18.4 Å². The monoisotopic (exact) mass is 283 g/mol. The fourth-order valence-corrected chi connectivity index (χ4v) is 3.24. The Morgan fingerprint density at radius 1 is 1.53 bits per heavy atom. The summed E-state index contributed by atoms with van der Waals surface area (Å²) in [6, 6.07) is 3.46. The number of carbonyl (C=O) groups excluding carboxylic acids is 1. The van der Waals surface area contributed by atoms with Crippen LogP contribution >= 0.6 is 11.8 Å². The Balaban J connectivity index is 1.89. The van der Waals surface area contributed by atoms with Crippen molar-refractivity contribution in [3.05, 3.63) is 24.2 Å². The Labute approximate surface area is 116 Å². The lowest BCUT2D eigenvalue weighted by molar-refractivity contribution is -0.140. The van der Waals surface area contributed by atoms with Gasteiger partial charge in [-0.3, -0.25) is 9.59 Å². The molecule has 104 valence electrons. The molecule has 1 fully saturated rings. The van der Waals surface area contributed by atoms with Gasteiger partial charge in [-0.05, 0) is 12.1 Å². The second-order valence-corrected chi connectivity index (χ2v) is 5.64. The number of carbonyl (C=O) groups is 2. The number of hydrogen-bond acceptors (Lipinski definition) is 4. The van der Waals surface area contributed by atoms with E-state index in [4.69, 9.17) is 9.52 Å². The summed E-state index contributed by atoms with van der Waals surface area (Å²) in [7, 11) is 0. The van der Waals surface area contributed by atoms with Crippen LogP contribution in [0.4, 0.5) is 0 Å². The van der Waals surface area contributed by atoms with E-state index in [2.05, 4.69) is 0 Å². The molecule has 0 bridgehead atoms. The van der Waals surface area contributed by atoms with Crippen LogP contribution in [0, 0.1) is 0 Å². The van der Waals surface area contributed by atoms with E-state index in [1.54, 1.807) is 29.0 Å². The van der Waals surface area contributed by atoms with Crippen LogP contribution in [0.5, 0.6) is 0 Å². The molecule has 1 aliphatic heterocycles. The Bertz CT molecular complexity index is 432. The summed E-state index contributed by atoms with van der Waals surface area (Å²) < 4.78 is 5.19. The normalized spacial score (nSPS) is 19.4. The SMILES string of the molecule is O=C(O)CC1CSCCN1C(=O)CCc1ccco1. The zero-order chi connectivity index (χ0) is 13.7. The van der Waals surface area contributed by atoms with Crippen LogP contribution in [0.3, 0.4) is 0 Å². The van der Waals surface area contributed by atoms with Crippen molar-refractivity contribution in [3.63, 3.8) is 0 Å². The maximum absolute atomic E-state index is 12.2. The molecule has 2 rings (SSSR count). The van der Waals surface area contributed by atoms with Crippen molar-refractivity contribution in [2.75, 3.05) is 18.1 Å². The third-order valence-electron chi connectivity index (χ3n) is 3.12. The first-order chi connectivity index (χ1) is 9.16. The van der Waals surface area contributed by atoms with Crippen molar-refractivity contribution >= 4 is 23.6 Å². The van der Waals surface area contributed by atoms with Gasteiger partial charge >= 0.3 is 5.97 Å². The highest BCUT2D eigenvalue weighted by molar-refractivity contribution is 7.99. The summed E-state index contributed by atoms with van der Waals surface area (Å²) in [6.07, 6.45) is 2.55. The number of nitrogens with zero attached hydrogens (tertiary/aromatic N) is 1. The number of thioether (sulfide) groups is 1. The summed E-state index contributed by atoms with van der Waals surface area (Å²) in [5, 5.41) is 8.88. The summed E-state index contributed by atoms with van der Waals surface area (Å²) in [5.41, 5.74) is 0. The number of carboxylic acid groups (broad SMARTS) is 1. The van der Waals surface area contributed by atoms with E-state index in [1.807, 2.05) is 6.07 Å². The van der Waals surface area contributed by atoms with E-state index < -0.39 is 5.97 Å². The zero-order valence-electron chi connectivity index (χ0n) is 10.6. The Morgan fingerprint density at radius 2 is 2.37 bits per heavy atom. The van der Waals surface area contributed by atoms with Crippen LogP contribution in [0.2, 0.25) is 0 Å². The average Bonchev–Trinajstić information content (AvgIpc) is 2.89. The van der Waals surface area contributed by atoms with E-state index >= 15 is 0 Å². The van der Waals surface area contributed by atoms with Gasteiger partial charge in [0.25, 0.3) is 0 Å². The maximum atomic E-state index is 12.2. The minimum atomic E-state index is -0.851. The van der Waals surface area contributed by atoms with Crippen LogP contribution in [-0.2, 0) is 16.0 Å². The minimum absolute atomic E-state index is 0.0166. The van der Waals surface area contributed by atoms with E-state index in [0.717, 1.165) is 11.5 Å². The lowest BCUT2D eigenvalue weighted by atomic mass is 10.1. The standard InChI is InChI=1S/C13H17NO4S/c15-12(4-3-11-2-1-6-18-11)14-5-7-19-9-10(14)8-13(16)17/h1-2,6,10H,3-5,7-9H2,(H,16,17). The second-order valence-electron chi connectivity index (χ2n) is 4.49. The lowest BCUT2D eigenvalue weighted by Crippen LogP contribution is -2.47. The third kappa shape index (κ3) is 4.02. The molecular formula is C13H17NO4S. The van der Waals surface area contributed by atoms with Gasteiger partial charge in [-0.25, -0.2) is 0 Å². The van der Waals surface area contributed by atoms with E-state index in [9.17, 15) is 9.59 Å². The third-order valence-corrected chi connectivity index (χ3v) is 4.22. The quantitative estimate of drug-likeness (QED) is 0.889. The summed E-state index contributed by atoms with van der Waals surface area (Å²) in [6.45, 7) is 0.638. The Kier molecular flexibility index (Phi) is 4.90.